The fraction of sp³-hybridized carbons (Fsp3) is 0.211. The van der Waals surface area contributed by atoms with Gasteiger partial charge in [-0.15, -0.1) is 0 Å². The Morgan fingerprint density at radius 1 is 1.21 bits per heavy atom. The molecule has 122 valence electrons. The zero-order valence-electron chi connectivity index (χ0n) is 13.0. The van der Waals surface area contributed by atoms with Gasteiger partial charge in [-0.1, -0.05) is 24.3 Å². The minimum absolute atomic E-state index is 0.338. The van der Waals surface area contributed by atoms with Gasteiger partial charge in [0.2, 0.25) is 0 Å². The van der Waals surface area contributed by atoms with E-state index in [0.717, 1.165) is 11.8 Å². The SMILES string of the molecule is O=C(O)C(c1c[nH]c2cc(F)ccc12)N1CCc2ccccc2C1. The summed E-state index contributed by atoms with van der Waals surface area (Å²) in [5, 5.41) is 10.6. The molecule has 0 saturated carbocycles. The van der Waals surface area contributed by atoms with Crippen molar-refractivity contribution in [2.75, 3.05) is 6.54 Å². The molecule has 0 radical (unpaired) electrons. The van der Waals surface area contributed by atoms with Gasteiger partial charge in [0.05, 0.1) is 0 Å². The molecule has 0 fully saturated rings. The third-order valence-electron chi connectivity index (χ3n) is 4.73. The number of halogens is 1. The van der Waals surface area contributed by atoms with Crippen molar-refractivity contribution in [3.05, 3.63) is 71.2 Å². The Bertz CT molecular complexity index is 919. The summed E-state index contributed by atoms with van der Waals surface area (Å²) >= 11 is 0. The van der Waals surface area contributed by atoms with Crippen LogP contribution in [0.25, 0.3) is 10.9 Å². The first-order valence-corrected chi connectivity index (χ1v) is 7.93. The maximum atomic E-state index is 13.4. The zero-order valence-corrected chi connectivity index (χ0v) is 13.0. The zero-order chi connectivity index (χ0) is 16.7. The smallest absolute Gasteiger partial charge is 0.325 e. The van der Waals surface area contributed by atoms with Crippen LogP contribution in [-0.2, 0) is 17.8 Å². The quantitative estimate of drug-likeness (QED) is 0.775. The highest BCUT2D eigenvalue weighted by atomic mass is 19.1. The van der Waals surface area contributed by atoms with E-state index in [4.69, 9.17) is 0 Å². The van der Waals surface area contributed by atoms with Crippen molar-refractivity contribution in [2.24, 2.45) is 0 Å². The van der Waals surface area contributed by atoms with Crippen molar-refractivity contribution in [1.29, 1.82) is 0 Å². The van der Waals surface area contributed by atoms with Crippen molar-refractivity contribution in [3.63, 3.8) is 0 Å². The number of nitrogens with one attached hydrogen (secondary N) is 1. The number of carboxylic acids is 1. The van der Waals surface area contributed by atoms with E-state index < -0.39 is 12.0 Å². The molecule has 0 amide bonds. The van der Waals surface area contributed by atoms with E-state index in [1.54, 1.807) is 12.3 Å². The van der Waals surface area contributed by atoms with Gasteiger partial charge in [-0.3, -0.25) is 9.69 Å². The predicted molar refractivity (Wildman–Crippen MR) is 89.2 cm³/mol. The van der Waals surface area contributed by atoms with Crippen LogP contribution in [0, 0.1) is 5.82 Å². The molecule has 0 spiro atoms. The van der Waals surface area contributed by atoms with Gasteiger partial charge in [0.15, 0.2) is 0 Å². The van der Waals surface area contributed by atoms with Gasteiger partial charge in [-0.25, -0.2) is 4.39 Å². The highest BCUT2D eigenvalue weighted by Crippen LogP contribution is 2.32. The van der Waals surface area contributed by atoms with Crippen LogP contribution in [-0.4, -0.2) is 27.5 Å². The molecule has 0 bridgehead atoms. The van der Waals surface area contributed by atoms with Gasteiger partial charge in [0, 0.05) is 35.8 Å². The lowest BCUT2D eigenvalue weighted by Gasteiger charge is -2.33. The van der Waals surface area contributed by atoms with Crippen LogP contribution in [0.5, 0.6) is 0 Å². The second kappa shape index (κ2) is 5.76. The van der Waals surface area contributed by atoms with Crippen molar-refractivity contribution >= 4 is 16.9 Å². The number of hydrogen-bond donors (Lipinski definition) is 2. The van der Waals surface area contributed by atoms with Gasteiger partial charge in [-0.2, -0.15) is 0 Å². The third kappa shape index (κ3) is 2.47. The molecule has 5 heteroatoms. The Morgan fingerprint density at radius 3 is 2.79 bits per heavy atom. The molecule has 0 saturated heterocycles. The molecule has 24 heavy (non-hydrogen) atoms. The number of hydrogen-bond acceptors (Lipinski definition) is 2. The maximum absolute atomic E-state index is 13.4. The fourth-order valence-corrected chi connectivity index (χ4v) is 3.57. The van der Waals surface area contributed by atoms with Crippen molar-refractivity contribution in [3.8, 4) is 0 Å². The van der Waals surface area contributed by atoms with E-state index in [-0.39, 0.29) is 5.82 Å². The normalized spacial score (nSPS) is 16.0. The van der Waals surface area contributed by atoms with Crippen LogP contribution in [0.15, 0.2) is 48.7 Å². The van der Waals surface area contributed by atoms with E-state index in [0.29, 0.717) is 24.2 Å². The van der Waals surface area contributed by atoms with Crippen LogP contribution < -0.4 is 0 Å². The van der Waals surface area contributed by atoms with Crippen molar-refractivity contribution < 1.29 is 14.3 Å². The van der Waals surface area contributed by atoms with E-state index in [1.165, 1.54) is 23.3 Å². The number of fused-ring (bicyclic) bond motifs is 2. The minimum Gasteiger partial charge on any atom is -0.480 e. The predicted octanol–water partition coefficient (Wildman–Crippen LogP) is 3.49. The second-order valence-electron chi connectivity index (χ2n) is 6.16. The molecular weight excluding hydrogens is 307 g/mol. The van der Waals surface area contributed by atoms with Crippen LogP contribution in [0.3, 0.4) is 0 Å². The standard InChI is InChI=1S/C19H17FN2O2/c20-14-5-6-15-16(10-21-17(15)9-14)18(19(23)24)22-8-7-12-3-1-2-4-13(12)11-22/h1-6,9-10,18,21H,7-8,11H2,(H,23,24). The second-order valence-corrected chi connectivity index (χ2v) is 6.16. The Labute approximate surface area is 138 Å². The molecule has 4 rings (SSSR count). The van der Waals surface area contributed by atoms with Crippen LogP contribution >= 0.6 is 0 Å². The Hall–Kier alpha value is -2.66. The summed E-state index contributed by atoms with van der Waals surface area (Å²) in [5.74, 6) is -1.23. The summed E-state index contributed by atoms with van der Waals surface area (Å²) < 4.78 is 13.4. The van der Waals surface area contributed by atoms with E-state index in [9.17, 15) is 14.3 Å². The maximum Gasteiger partial charge on any atom is 0.325 e. The lowest BCUT2D eigenvalue weighted by atomic mass is 9.96. The number of aliphatic carboxylic acids is 1. The number of aromatic nitrogens is 1. The molecule has 0 aliphatic carbocycles. The number of H-pyrrole nitrogens is 1. The molecule has 3 aromatic rings. The molecule has 1 aliphatic heterocycles. The highest BCUT2D eigenvalue weighted by molar-refractivity contribution is 5.89. The molecule has 1 unspecified atom stereocenters. The summed E-state index contributed by atoms with van der Waals surface area (Å²) in [5.41, 5.74) is 3.74. The van der Waals surface area contributed by atoms with Crippen molar-refractivity contribution in [1.82, 2.24) is 9.88 Å². The average molecular weight is 324 g/mol. The Kier molecular flexibility index (Phi) is 3.58. The number of carboxylic acid groups (broad SMARTS) is 1. The first-order chi connectivity index (χ1) is 11.6. The third-order valence-corrected chi connectivity index (χ3v) is 4.73. The largest absolute Gasteiger partial charge is 0.480 e. The summed E-state index contributed by atoms with van der Waals surface area (Å²) in [7, 11) is 0. The highest BCUT2D eigenvalue weighted by Gasteiger charge is 2.31. The van der Waals surface area contributed by atoms with Crippen LogP contribution in [0.1, 0.15) is 22.7 Å². The molecule has 2 aromatic carbocycles. The molecule has 1 atom stereocenters. The van der Waals surface area contributed by atoms with Gasteiger partial charge >= 0.3 is 5.97 Å². The first kappa shape index (κ1) is 14.9. The summed E-state index contributed by atoms with van der Waals surface area (Å²) in [6, 6.07) is 11.8. The molecular formula is C19H17FN2O2. The fourth-order valence-electron chi connectivity index (χ4n) is 3.57. The number of nitrogens with zero attached hydrogens (tertiary/aromatic N) is 1. The number of aromatic amines is 1. The summed E-state index contributed by atoms with van der Waals surface area (Å²) in [6.45, 7) is 1.28. The minimum atomic E-state index is -0.889. The molecule has 4 nitrogen and oxygen atoms in total. The lowest BCUT2D eigenvalue weighted by Crippen LogP contribution is -2.38. The van der Waals surface area contributed by atoms with Gasteiger partial charge < -0.3 is 10.1 Å². The average Bonchev–Trinajstić information content (AvgIpc) is 2.97. The Balaban J connectivity index is 1.74. The monoisotopic (exact) mass is 324 g/mol. The van der Waals surface area contributed by atoms with Gasteiger partial charge in [0.1, 0.15) is 11.9 Å². The number of rotatable bonds is 3. The number of carbonyl (C=O) groups is 1. The lowest BCUT2D eigenvalue weighted by molar-refractivity contribution is -0.144. The van der Waals surface area contributed by atoms with Crippen LogP contribution in [0.2, 0.25) is 0 Å². The topological polar surface area (TPSA) is 56.3 Å². The Morgan fingerprint density at radius 2 is 2.00 bits per heavy atom. The van der Waals surface area contributed by atoms with E-state index in [2.05, 4.69) is 11.1 Å². The number of benzene rings is 2. The summed E-state index contributed by atoms with van der Waals surface area (Å²) in [4.78, 5) is 17.0. The molecule has 1 aromatic heterocycles. The van der Waals surface area contributed by atoms with E-state index >= 15 is 0 Å². The molecule has 2 N–H and O–H groups in total. The van der Waals surface area contributed by atoms with E-state index in [1.807, 2.05) is 23.1 Å². The van der Waals surface area contributed by atoms with Gasteiger partial charge in [-0.05, 0) is 35.7 Å². The summed E-state index contributed by atoms with van der Waals surface area (Å²) in [6.07, 6.45) is 2.51. The molecule has 1 aliphatic rings. The van der Waals surface area contributed by atoms with Crippen LogP contribution in [0.4, 0.5) is 4.39 Å². The first-order valence-electron chi connectivity index (χ1n) is 7.93. The van der Waals surface area contributed by atoms with Gasteiger partial charge in [0.25, 0.3) is 0 Å². The van der Waals surface area contributed by atoms with Crippen molar-refractivity contribution in [2.45, 2.75) is 19.0 Å². The molecule has 2 heterocycles.